The molecule has 1 aromatic heterocycles. The van der Waals surface area contributed by atoms with E-state index in [1.54, 1.807) is 43.4 Å². The molecule has 1 unspecified atom stereocenters. The topological polar surface area (TPSA) is 90.0 Å². The van der Waals surface area contributed by atoms with Gasteiger partial charge in [-0.05, 0) is 43.1 Å². The van der Waals surface area contributed by atoms with Gasteiger partial charge in [0.25, 0.3) is 5.91 Å². The Morgan fingerprint density at radius 3 is 2.73 bits per heavy atom. The fourth-order valence-corrected chi connectivity index (χ4v) is 3.81. The summed E-state index contributed by atoms with van der Waals surface area (Å²) in [5, 5.41) is 2.97. The number of rotatable bonds is 6. The molecule has 1 aliphatic heterocycles. The van der Waals surface area contributed by atoms with E-state index in [1.807, 2.05) is 24.3 Å². The average Bonchev–Trinajstić information content (AvgIpc) is 2.67. The molecular weight excluding hydrogens is 430 g/mol. The first kappa shape index (κ1) is 21.8. The number of carbonyl (C=O) groups is 2. The Labute approximate surface area is 183 Å². The van der Waals surface area contributed by atoms with Crippen LogP contribution in [0.5, 0.6) is 0 Å². The van der Waals surface area contributed by atoms with E-state index < -0.39 is 18.4 Å². The van der Waals surface area contributed by atoms with Gasteiger partial charge in [0.2, 0.25) is 6.29 Å². The second-order valence-corrected chi connectivity index (χ2v) is 7.61. The molecule has 0 spiro atoms. The number of fused-ring (bicyclic) bond motifs is 1. The summed E-state index contributed by atoms with van der Waals surface area (Å²) >= 11 is 7.28. The van der Waals surface area contributed by atoms with Crippen LogP contribution >= 0.6 is 23.5 Å². The number of benzene rings is 1. The molecule has 0 fully saturated rings. The quantitative estimate of drug-likeness (QED) is 0.298. The lowest BCUT2D eigenvalue weighted by Crippen LogP contribution is -2.30. The number of nitrogens with zero attached hydrogens (tertiary/aromatic N) is 2. The van der Waals surface area contributed by atoms with Gasteiger partial charge in [0.15, 0.2) is 11.5 Å². The molecule has 0 saturated heterocycles. The number of anilines is 1. The second kappa shape index (κ2) is 9.73. The van der Waals surface area contributed by atoms with Crippen LogP contribution in [0.2, 0.25) is 5.15 Å². The van der Waals surface area contributed by atoms with E-state index in [2.05, 4.69) is 10.3 Å². The van der Waals surface area contributed by atoms with Gasteiger partial charge in [-0.3, -0.25) is 4.79 Å². The Morgan fingerprint density at radius 1 is 1.23 bits per heavy atom. The van der Waals surface area contributed by atoms with Gasteiger partial charge in [-0.2, -0.15) is 0 Å². The smallest absolute Gasteiger partial charge is 0.452 e. The highest BCUT2D eigenvalue weighted by Crippen LogP contribution is 2.41. The van der Waals surface area contributed by atoms with E-state index in [0.717, 1.165) is 4.90 Å². The molecule has 2 aromatic rings. The van der Waals surface area contributed by atoms with Crippen LogP contribution in [0.4, 0.5) is 10.6 Å². The van der Waals surface area contributed by atoms with E-state index in [1.165, 1.54) is 11.9 Å². The molecule has 158 valence electrons. The Morgan fingerprint density at radius 2 is 2.00 bits per heavy atom. The lowest BCUT2D eigenvalue weighted by atomic mass is 10.1. The summed E-state index contributed by atoms with van der Waals surface area (Å²) in [4.78, 5) is 29.7. The summed E-state index contributed by atoms with van der Waals surface area (Å²) in [5.74, 6) is 0.114. The largest absolute Gasteiger partial charge is 0.511 e. The zero-order valence-electron chi connectivity index (χ0n) is 16.5. The number of ether oxygens (including phenoxy) is 3. The van der Waals surface area contributed by atoms with E-state index in [4.69, 9.17) is 25.8 Å². The highest BCUT2D eigenvalue weighted by Gasteiger charge is 2.31. The lowest BCUT2D eigenvalue weighted by molar-refractivity contribution is -0.114. The number of likely N-dealkylation sites (N-methyl/N-ethyl adjacent to an activating group) is 1. The third-order valence-corrected chi connectivity index (χ3v) is 5.10. The number of halogens is 1. The number of carbonyl (C=O) groups excluding carboxylic acids is 2. The van der Waals surface area contributed by atoms with Crippen LogP contribution in [0, 0.1) is 0 Å². The minimum atomic E-state index is -0.990. The van der Waals surface area contributed by atoms with Crippen LogP contribution in [0.15, 0.2) is 53.1 Å². The van der Waals surface area contributed by atoms with Crippen molar-refractivity contribution in [2.24, 2.45) is 0 Å². The van der Waals surface area contributed by atoms with Crippen LogP contribution in [0.3, 0.4) is 0 Å². The summed E-state index contributed by atoms with van der Waals surface area (Å²) in [6.07, 6.45) is -1.85. The molecular formula is C20H20ClN3O5S. The van der Waals surface area contributed by atoms with Gasteiger partial charge >= 0.3 is 6.16 Å². The maximum Gasteiger partial charge on any atom is 0.511 e. The van der Waals surface area contributed by atoms with Gasteiger partial charge < -0.3 is 23.8 Å². The van der Waals surface area contributed by atoms with Crippen molar-refractivity contribution < 1.29 is 23.8 Å². The number of nitrogens with one attached hydrogen (secondary N) is 1. The minimum absolute atomic E-state index is 0.177. The van der Waals surface area contributed by atoms with Crippen molar-refractivity contribution in [1.29, 1.82) is 0 Å². The predicted octanol–water partition coefficient (Wildman–Crippen LogP) is 4.53. The fourth-order valence-electron chi connectivity index (χ4n) is 2.69. The first-order valence-electron chi connectivity index (χ1n) is 9.08. The van der Waals surface area contributed by atoms with Crippen LogP contribution in [0.25, 0.3) is 5.76 Å². The van der Waals surface area contributed by atoms with Crippen molar-refractivity contribution in [2.75, 3.05) is 19.0 Å². The van der Waals surface area contributed by atoms with E-state index in [9.17, 15) is 9.59 Å². The van der Waals surface area contributed by atoms with Gasteiger partial charge in [-0.1, -0.05) is 29.8 Å². The van der Waals surface area contributed by atoms with E-state index >= 15 is 0 Å². The van der Waals surface area contributed by atoms with Crippen LogP contribution in [-0.2, 0) is 19.0 Å². The first-order chi connectivity index (χ1) is 14.4. The van der Waals surface area contributed by atoms with Crippen LogP contribution in [0.1, 0.15) is 19.4 Å². The average molecular weight is 450 g/mol. The zero-order chi connectivity index (χ0) is 21.7. The maximum absolute atomic E-state index is 13.1. The molecule has 0 bridgehead atoms. The second-order valence-electron chi connectivity index (χ2n) is 6.05. The summed E-state index contributed by atoms with van der Waals surface area (Å²) < 4.78 is 17.5. The molecule has 0 aliphatic carbocycles. The molecule has 0 radical (unpaired) electrons. The van der Waals surface area contributed by atoms with Crippen molar-refractivity contribution in [2.45, 2.75) is 25.0 Å². The van der Waals surface area contributed by atoms with Gasteiger partial charge in [-0.15, -0.1) is 0 Å². The molecule has 1 aliphatic rings. The molecule has 8 nitrogen and oxygen atoms in total. The van der Waals surface area contributed by atoms with Crippen molar-refractivity contribution in [3.63, 3.8) is 0 Å². The van der Waals surface area contributed by atoms with Gasteiger partial charge in [0.1, 0.15) is 11.0 Å². The number of amides is 1. The molecule has 3 rings (SSSR count). The number of hydrogen-bond acceptors (Lipinski definition) is 8. The first-order valence-corrected chi connectivity index (χ1v) is 10.2. The van der Waals surface area contributed by atoms with Crippen molar-refractivity contribution >= 4 is 47.2 Å². The molecule has 1 N–H and O–H groups in total. The van der Waals surface area contributed by atoms with Crippen molar-refractivity contribution in [1.82, 2.24) is 9.29 Å². The van der Waals surface area contributed by atoms with E-state index in [0.29, 0.717) is 11.4 Å². The Kier molecular flexibility index (Phi) is 7.07. The summed E-state index contributed by atoms with van der Waals surface area (Å²) in [5.41, 5.74) is 0.934. The van der Waals surface area contributed by atoms with Gasteiger partial charge in [0.05, 0.1) is 6.61 Å². The monoisotopic (exact) mass is 449 g/mol. The summed E-state index contributed by atoms with van der Waals surface area (Å²) in [7, 11) is 1.74. The molecule has 2 heterocycles. The van der Waals surface area contributed by atoms with Crippen LogP contribution in [-0.4, -0.2) is 41.3 Å². The van der Waals surface area contributed by atoms with Gasteiger partial charge in [0, 0.05) is 24.4 Å². The molecule has 1 aromatic carbocycles. The number of hydrogen-bond donors (Lipinski definition) is 1. The highest BCUT2D eigenvalue weighted by atomic mass is 35.5. The lowest BCUT2D eigenvalue weighted by Gasteiger charge is -2.30. The number of aromatic nitrogens is 1. The Bertz CT molecular complexity index is 984. The summed E-state index contributed by atoms with van der Waals surface area (Å²) in [6, 6.07) is 12.4. The van der Waals surface area contributed by atoms with E-state index in [-0.39, 0.29) is 23.2 Å². The predicted molar refractivity (Wildman–Crippen MR) is 114 cm³/mol. The Balaban J connectivity index is 1.94. The zero-order valence-corrected chi connectivity index (χ0v) is 18.1. The minimum Gasteiger partial charge on any atom is -0.452 e. The Hall–Kier alpha value is -2.91. The van der Waals surface area contributed by atoms with Crippen molar-refractivity contribution in [3.8, 4) is 0 Å². The maximum atomic E-state index is 13.1. The molecule has 1 amide bonds. The standard InChI is InChI=1S/C20H20ClN3O5S/c1-4-27-20(26)29-12(2)28-18-13-8-5-6-9-14(13)30-24(3)17(18)19(25)23-16-11-7-10-15(21)22-16/h5-12H,4H2,1-3H3,(H,22,23,25). The SMILES string of the molecule is CCOC(=O)OC(C)OC1=C(C(=O)Nc2cccc(Cl)n2)N(C)Sc2ccccc21. The normalized spacial score (nSPS) is 13.9. The molecule has 0 saturated carbocycles. The third-order valence-electron chi connectivity index (χ3n) is 3.88. The molecule has 10 heteroatoms. The van der Waals surface area contributed by atoms with Crippen LogP contribution < -0.4 is 5.32 Å². The molecule has 1 atom stereocenters. The van der Waals surface area contributed by atoms with Gasteiger partial charge in [-0.25, -0.2) is 9.78 Å². The van der Waals surface area contributed by atoms with Crippen molar-refractivity contribution in [3.05, 3.63) is 58.9 Å². The highest BCUT2D eigenvalue weighted by molar-refractivity contribution is 7.97. The number of pyridine rings is 1. The fraction of sp³-hybridized carbons (Fsp3) is 0.250. The molecule has 30 heavy (non-hydrogen) atoms. The third kappa shape index (κ3) is 5.17. The summed E-state index contributed by atoms with van der Waals surface area (Å²) in [6.45, 7) is 3.39.